The molecule has 6 heteroatoms. The standard InChI is InChI=1S/C15H18FN3O2/c1-18-10-15(14(18)21)4-6-19(7-5-15)13(20)8-12-3-2-11(16)9-17-12/h2-3,9H,4-8,10H2,1H3. The van der Waals surface area contributed by atoms with Gasteiger partial charge in [-0.3, -0.25) is 14.6 Å². The lowest BCUT2D eigenvalue weighted by Gasteiger charge is -2.51. The first-order chi connectivity index (χ1) is 10.00. The maximum atomic E-state index is 12.8. The number of pyridine rings is 1. The summed E-state index contributed by atoms with van der Waals surface area (Å²) in [5.74, 6) is -0.211. The number of carbonyl (C=O) groups is 2. The molecule has 2 aliphatic rings. The molecule has 0 aliphatic carbocycles. The average molecular weight is 291 g/mol. The molecule has 2 aliphatic heterocycles. The van der Waals surface area contributed by atoms with E-state index in [0.29, 0.717) is 18.8 Å². The van der Waals surface area contributed by atoms with E-state index in [1.54, 1.807) is 9.80 Å². The Morgan fingerprint density at radius 3 is 2.62 bits per heavy atom. The van der Waals surface area contributed by atoms with Gasteiger partial charge in [-0.1, -0.05) is 0 Å². The lowest BCUT2D eigenvalue weighted by Crippen LogP contribution is -2.63. The molecule has 0 atom stereocenters. The Morgan fingerprint density at radius 1 is 1.38 bits per heavy atom. The van der Waals surface area contributed by atoms with Crippen molar-refractivity contribution in [2.75, 3.05) is 26.7 Å². The second kappa shape index (κ2) is 5.09. The van der Waals surface area contributed by atoms with Crippen LogP contribution in [0.15, 0.2) is 18.3 Å². The average Bonchev–Trinajstić information content (AvgIpc) is 2.50. The Hall–Kier alpha value is -1.98. The number of likely N-dealkylation sites (tertiary alicyclic amines) is 2. The minimum Gasteiger partial charge on any atom is -0.344 e. The van der Waals surface area contributed by atoms with E-state index in [1.807, 2.05) is 7.05 Å². The number of piperidine rings is 1. The lowest BCUT2D eigenvalue weighted by molar-refractivity contribution is -0.164. The topological polar surface area (TPSA) is 53.5 Å². The van der Waals surface area contributed by atoms with Crippen LogP contribution in [0.3, 0.4) is 0 Å². The van der Waals surface area contributed by atoms with Crippen molar-refractivity contribution in [1.29, 1.82) is 0 Å². The molecule has 2 amide bonds. The Balaban J connectivity index is 1.56. The first-order valence-corrected chi connectivity index (χ1v) is 7.14. The van der Waals surface area contributed by atoms with Crippen molar-refractivity contribution < 1.29 is 14.0 Å². The van der Waals surface area contributed by atoms with Crippen molar-refractivity contribution in [3.8, 4) is 0 Å². The summed E-state index contributed by atoms with van der Waals surface area (Å²) in [7, 11) is 1.81. The molecule has 2 saturated heterocycles. The summed E-state index contributed by atoms with van der Waals surface area (Å²) >= 11 is 0. The first kappa shape index (κ1) is 14.0. The van der Waals surface area contributed by atoms with E-state index in [-0.39, 0.29) is 23.7 Å². The van der Waals surface area contributed by atoms with Gasteiger partial charge in [-0.2, -0.15) is 0 Å². The molecule has 1 aromatic rings. The third-order valence-corrected chi connectivity index (χ3v) is 4.53. The van der Waals surface area contributed by atoms with E-state index in [0.717, 1.165) is 25.6 Å². The maximum absolute atomic E-state index is 12.8. The van der Waals surface area contributed by atoms with Crippen LogP contribution < -0.4 is 0 Å². The first-order valence-electron chi connectivity index (χ1n) is 7.14. The van der Waals surface area contributed by atoms with Gasteiger partial charge in [0, 0.05) is 32.4 Å². The van der Waals surface area contributed by atoms with Crippen molar-refractivity contribution in [3.63, 3.8) is 0 Å². The molecule has 112 valence electrons. The van der Waals surface area contributed by atoms with Gasteiger partial charge in [0.2, 0.25) is 11.8 Å². The second-order valence-corrected chi connectivity index (χ2v) is 5.97. The highest BCUT2D eigenvalue weighted by Crippen LogP contribution is 2.40. The zero-order valence-corrected chi connectivity index (χ0v) is 12.0. The molecule has 0 saturated carbocycles. The van der Waals surface area contributed by atoms with Crippen LogP contribution in [0.1, 0.15) is 18.5 Å². The fraction of sp³-hybridized carbons (Fsp3) is 0.533. The monoisotopic (exact) mass is 291 g/mol. The van der Waals surface area contributed by atoms with E-state index in [9.17, 15) is 14.0 Å². The third-order valence-electron chi connectivity index (χ3n) is 4.53. The van der Waals surface area contributed by atoms with Crippen molar-refractivity contribution in [2.45, 2.75) is 19.3 Å². The van der Waals surface area contributed by atoms with E-state index in [1.165, 1.54) is 12.1 Å². The molecule has 0 aromatic carbocycles. The Kier molecular flexibility index (Phi) is 3.39. The minimum atomic E-state index is -0.404. The van der Waals surface area contributed by atoms with E-state index in [4.69, 9.17) is 0 Å². The van der Waals surface area contributed by atoms with Crippen LogP contribution in [0.25, 0.3) is 0 Å². The van der Waals surface area contributed by atoms with Gasteiger partial charge >= 0.3 is 0 Å². The Morgan fingerprint density at radius 2 is 2.10 bits per heavy atom. The van der Waals surface area contributed by atoms with Gasteiger partial charge in [-0.15, -0.1) is 0 Å². The predicted octanol–water partition coefficient (Wildman–Crippen LogP) is 0.844. The van der Waals surface area contributed by atoms with Crippen molar-refractivity contribution in [3.05, 3.63) is 29.8 Å². The number of halogens is 1. The second-order valence-electron chi connectivity index (χ2n) is 5.97. The number of rotatable bonds is 2. The Labute approximate surface area is 122 Å². The van der Waals surface area contributed by atoms with Crippen LogP contribution in [-0.2, 0) is 16.0 Å². The minimum absolute atomic E-state index is 0.0101. The number of amides is 2. The predicted molar refractivity (Wildman–Crippen MR) is 73.8 cm³/mol. The highest BCUT2D eigenvalue weighted by molar-refractivity contribution is 5.89. The van der Waals surface area contributed by atoms with Gasteiger partial charge in [-0.05, 0) is 25.0 Å². The molecule has 0 N–H and O–H groups in total. The zero-order chi connectivity index (χ0) is 15.0. The molecular weight excluding hydrogens is 273 g/mol. The summed E-state index contributed by atoms with van der Waals surface area (Å²) in [6.07, 6.45) is 2.77. The molecule has 0 radical (unpaired) electrons. The fourth-order valence-corrected chi connectivity index (χ4v) is 3.24. The quantitative estimate of drug-likeness (QED) is 0.759. The summed E-state index contributed by atoms with van der Waals surface area (Å²) in [6, 6.07) is 2.84. The van der Waals surface area contributed by atoms with Crippen molar-refractivity contribution >= 4 is 11.8 Å². The molecule has 0 unspecified atom stereocenters. The van der Waals surface area contributed by atoms with Crippen molar-refractivity contribution in [1.82, 2.24) is 14.8 Å². The van der Waals surface area contributed by atoms with Gasteiger partial charge in [0.1, 0.15) is 5.82 Å². The Bertz CT molecular complexity index is 565. The van der Waals surface area contributed by atoms with Crippen LogP contribution >= 0.6 is 0 Å². The third kappa shape index (κ3) is 2.50. The molecule has 5 nitrogen and oxygen atoms in total. The molecule has 1 spiro atoms. The largest absolute Gasteiger partial charge is 0.344 e. The molecule has 3 heterocycles. The smallest absolute Gasteiger partial charge is 0.230 e. The molecule has 3 rings (SSSR count). The number of nitrogens with zero attached hydrogens (tertiary/aromatic N) is 3. The van der Waals surface area contributed by atoms with Crippen LogP contribution in [0.2, 0.25) is 0 Å². The number of aromatic nitrogens is 1. The van der Waals surface area contributed by atoms with Gasteiger partial charge in [0.05, 0.1) is 18.0 Å². The normalized spacial score (nSPS) is 20.6. The number of hydrogen-bond donors (Lipinski definition) is 0. The molecule has 21 heavy (non-hydrogen) atoms. The van der Waals surface area contributed by atoms with Crippen LogP contribution in [0.4, 0.5) is 4.39 Å². The number of β-lactam (4-membered cyclic amide) rings is 1. The molecular formula is C15H18FN3O2. The fourth-order valence-electron chi connectivity index (χ4n) is 3.24. The number of hydrogen-bond acceptors (Lipinski definition) is 3. The maximum Gasteiger partial charge on any atom is 0.230 e. The van der Waals surface area contributed by atoms with E-state index >= 15 is 0 Å². The van der Waals surface area contributed by atoms with E-state index in [2.05, 4.69) is 4.98 Å². The summed E-state index contributed by atoms with van der Waals surface area (Å²) < 4.78 is 12.8. The summed E-state index contributed by atoms with van der Waals surface area (Å²) in [4.78, 5) is 31.6. The van der Waals surface area contributed by atoms with Gasteiger partial charge in [0.25, 0.3) is 0 Å². The summed E-state index contributed by atoms with van der Waals surface area (Å²) in [5, 5.41) is 0. The number of carbonyl (C=O) groups excluding carboxylic acids is 2. The molecule has 1 aromatic heterocycles. The highest BCUT2D eigenvalue weighted by atomic mass is 19.1. The SMILES string of the molecule is CN1CC2(CCN(C(=O)Cc3ccc(F)cn3)CC2)C1=O. The summed E-state index contributed by atoms with van der Waals surface area (Å²) in [6.45, 7) is 2.02. The zero-order valence-electron chi connectivity index (χ0n) is 12.0. The lowest BCUT2D eigenvalue weighted by atomic mass is 9.71. The van der Waals surface area contributed by atoms with Gasteiger partial charge < -0.3 is 9.80 Å². The van der Waals surface area contributed by atoms with Gasteiger partial charge in [-0.25, -0.2) is 4.39 Å². The summed E-state index contributed by atoms with van der Waals surface area (Å²) in [5.41, 5.74) is 0.348. The van der Waals surface area contributed by atoms with Crippen LogP contribution in [-0.4, -0.2) is 53.3 Å². The van der Waals surface area contributed by atoms with Crippen LogP contribution in [0.5, 0.6) is 0 Å². The van der Waals surface area contributed by atoms with E-state index < -0.39 is 5.82 Å². The molecule has 2 fully saturated rings. The van der Waals surface area contributed by atoms with Crippen LogP contribution in [0, 0.1) is 11.2 Å². The highest BCUT2D eigenvalue weighted by Gasteiger charge is 2.51. The molecule has 0 bridgehead atoms. The van der Waals surface area contributed by atoms with Crippen molar-refractivity contribution in [2.24, 2.45) is 5.41 Å². The van der Waals surface area contributed by atoms with Gasteiger partial charge in [0.15, 0.2) is 0 Å².